The molecular weight excluding hydrogens is 327 g/mol. The Morgan fingerprint density at radius 1 is 1.27 bits per heavy atom. The molecule has 0 aromatic carbocycles. The van der Waals surface area contributed by atoms with E-state index in [9.17, 15) is 26.7 Å². The van der Waals surface area contributed by atoms with Crippen LogP contribution in [0.5, 0.6) is 0 Å². The van der Waals surface area contributed by atoms with Gasteiger partial charge in [-0.3, -0.25) is 9.79 Å². The number of rotatable bonds is 2. The number of alkyl halides is 5. The van der Waals surface area contributed by atoms with Gasteiger partial charge in [-0.05, 0) is 18.8 Å². The average Bonchev–Trinajstić information content (AvgIpc) is 2.73. The normalized spacial score (nSPS) is 41.9. The zero-order valence-corrected chi connectivity index (χ0v) is 12.7. The number of fused-ring (bicyclic) bond motifs is 1. The fraction of sp³-hybridized carbons (Fsp3) is 0.846. The monoisotopic (exact) mass is 342 g/mol. The molecule has 0 radical (unpaired) electrons. The Morgan fingerprint density at radius 3 is 2.23 bits per heavy atom. The van der Waals surface area contributed by atoms with Gasteiger partial charge in [-0.1, -0.05) is 25.6 Å². The highest BCUT2D eigenvalue weighted by Crippen LogP contribution is 2.64. The van der Waals surface area contributed by atoms with Crippen molar-refractivity contribution in [1.82, 2.24) is 5.32 Å². The predicted octanol–water partition coefficient (Wildman–Crippen LogP) is 3.21. The van der Waals surface area contributed by atoms with Gasteiger partial charge in [0, 0.05) is 11.8 Å². The van der Waals surface area contributed by atoms with E-state index < -0.39 is 46.5 Å². The van der Waals surface area contributed by atoms with Crippen molar-refractivity contribution in [2.75, 3.05) is 0 Å². The van der Waals surface area contributed by atoms with Gasteiger partial charge >= 0.3 is 6.18 Å². The molecule has 0 spiro atoms. The minimum absolute atomic E-state index is 0.106. The lowest BCUT2D eigenvalue weighted by Gasteiger charge is -2.30. The van der Waals surface area contributed by atoms with Crippen molar-refractivity contribution in [3.8, 4) is 0 Å². The maximum atomic E-state index is 13.3. The van der Waals surface area contributed by atoms with Gasteiger partial charge in [-0.25, -0.2) is 8.78 Å². The summed E-state index contributed by atoms with van der Waals surface area (Å²) in [7, 11) is 0. The largest absolute Gasteiger partial charge is 0.412 e. The van der Waals surface area contributed by atoms with Crippen molar-refractivity contribution >= 4 is 22.8 Å². The summed E-state index contributed by atoms with van der Waals surface area (Å²) in [5, 5.41) is 2.07. The van der Waals surface area contributed by atoms with E-state index >= 15 is 0 Å². The molecule has 3 rings (SSSR count). The molecule has 3 aliphatic rings. The van der Waals surface area contributed by atoms with Crippen LogP contribution in [0.1, 0.15) is 26.7 Å². The van der Waals surface area contributed by atoms with E-state index in [1.165, 1.54) is 13.8 Å². The third kappa shape index (κ3) is 2.07. The van der Waals surface area contributed by atoms with E-state index in [0.29, 0.717) is 11.8 Å². The highest BCUT2D eigenvalue weighted by molar-refractivity contribution is 8.16. The van der Waals surface area contributed by atoms with Crippen LogP contribution < -0.4 is 5.32 Å². The van der Waals surface area contributed by atoms with Crippen LogP contribution in [0.2, 0.25) is 0 Å². The van der Waals surface area contributed by atoms with Crippen LogP contribution in [0, 0.1) is 17.8 Å². The van der Waals surface area contributed by atoms with Crippen LogP contribution in [0.15, 0.2) is 4.99 Å². The van der Waals surface area contributed by atoms with E-state index in [1.807, 2.05) is 0 Å². The number of thioether (sulfide) groups is 1. The first kappa shape index (κ1) is 16.0. The third-order valence-electron chi connectivity index (χ3n) is 4.77. The highest BCUT2D eigenvalue weighted by atomic mass is 32.2. The van der Waals surface area contributed by atoms with Gasteiger partial charge < -0.3 is 5.32 Å². The van der Waals surface area contributed by atoms with Gasteiger partial charge in [0.05, 0.1) is 6.04 Å². The first-order valence-electron chi connectivity index (χ1n) is 7.03. The molecule has 1 amide bonds. The van der Waals surface area contributed by atoms with Gasteiger partial charge in [0.25, 0.3) is 11.8 Å². The van der Waals surface area contributed by atoms with Crippen LogP contribution in [-0.2, 0) is 4.79 Å². The van der Waals surface area contributed by atoms with Crippen molar-refractivity contribution in [3.05, 3.63) is 0 Å². The lowest BCUT2D eigenvalue weighted by molar-refractivity contribution is -0.176. The molecule has 0 aromatic rings. The van der Waals surface area contributed by atoms with E-state index in [1.54, 1.807) is 0 Å². The van der Waals surface area contributed by atoms with E-state index in [2.05, 4.69) is 10.3 Å². The molecule has 1 saturated heterocycles. The van der Waals surface area contributed by atoms with Gasteiger partial charge in [0.1, 0.15) is 0 Å². The second-order valence-corrected chi connectivity index (χ2v) is 7.63. The molecule has 0 bridgehead atoms. The molecule has 9 heteroatoms. The van der Waals surface area contributed by atoms with Crippen LogP contribution in [0.3, 0.4) is 0 Å². The molecule has 124 valence electrons. The van der Waals surface area contributed by atoms with Gasteiger partial charge in [-0.2, -0.15) is 13.2 Å². The first-order chi connectivity index (χ1) is 10.00. The number of aliphatic imine (C=N–C) groups is 1. The Kier molecular flexibility index (Phi) is 3.33. The second kappa shape index (κ2) is 4.58. The second-order valence-electron chi connectivity index (χ2n) is 6.39. The van der Waals surface area contributed by atoms with Crippen molar-refractivity contribution in [1.29, 1.82) is 0 Å². The Morgan fingerprint density at radius 2 is 1.82 bits per heavy atom. The quantitative estimate of drug-likeness (QED) is 0.783. The number of halogens is 5. The molecule has 2 unspecified atom stereocenters. The Balaban J connectivity index is 1.76. The summed E-state index contributed by atoms with van der Waals surface area (Å²) in [6.07, 6.45) is -4.38. The van der Waals surface area contributed by atoms with Gasteiger partial charge in [0.15, 0.2) is 9.91 Å². The molecule has 1 aliphatic heterocycles. The summed E-state index contributed by atoms with van der Waals surface area (Å²) in [5.74, 6) is -6.15. The zero-order chi connectivity index (χ0) is 16.5. The van der Waals surface area contributed by atoms with Gasteiger partial charge in [-0.15, -0.1) is 0 Å². The minimum Gasteiger partial charge on any atom is -0.304 e. The number of carbonyl (C=O) groups is 1. The predicted molar refractivity (Wildman–Crippen MR) is 71.7 cm³/mol. The summed E-state index contributed by atoms with van der Waals surface area (Å²) in [6, 6.07) is -0.436. The molecule has 3 fully saturated rings. The molecule has 4 atom stereocenters. The molecule has 3 nitrogen and oxygen atoms in total. The Labute approximate surface area is 128 Å². The number of nitrogens with zero attached hydrogens (tertiary/aromatic N) is 1. The Hall–Kier alpha value is -0.860. The lowest BCUT2D eigenvalue weighted by atomic mass is 9.93. The summed E-state index contributed by atoms with van der Waals surface area (Å²) in [5.41, 5.74) is 0. The van der Waals surface area contributed by atoms with Crippen molar-refractivity contribution < 1.29 is 26.7 Å². The SMILES string of the molecule is CC(C)C1(C(F)(F)F)SC(=NC2C[C@@H]3[C@H](C2)C3(F)F)NC1=O. The third-order valence-corrected chi connectivity index (χ3v) is 6.38. The van der Waals surface area contributed by atoms with Crippen LogP contribution in [0.4, 0.5) is 22.0 Å². The molecule has 22 heavy (non-hydrogen) atoms. The molecular formula is C13H15F5N2OS. The standard InChI is InChI=1S/C13H15F5N2OS/c1-5(2)11(13(16,17)18)9(21)20-10(22-11)19-6-3-7-8(4-6)12(7,14)15/h5-8H,3-4H2,1-2H3,(H,19,20,21)/t6?,7-,8+,11?. The minimum atomic E-state index is -4.71. The molecule has 1 heterocycles. The maximum absolute atomic E-state index is 13.3. The van der Waals surface area contributed by atoms with Gasteiger partial charge in [0.2, 0.25) is 0 Å². The lowest BCUT2D eigenvalue weighted by Crippen LogP contribution is -2.52. The number of hydrogen-bond acceptors (Lipinski definition) is 3. The summed E-state index contributed by atoms with van der Waals surface area (Å²) < 4.78 is 63.7. The number of amidine groups is 1. The Bertz CT molecular complexity index is 533. The summed E-state index contributed by atoms with van der Waals surface area (Å²) in [6.45, 7) is 2.66. The molecule has 2 aliphatic carbocycles. The van der Waals surface area contributed by atoms with E-state index in [0.717, 1.165) is 0 Å². The number of carbonyl (C=O) groups excluding carboxylic acids is 1. The highest BCUT2D eigenvalue weighted by Gasteiger charge is 2.72. The van der Waals surface area contributed by atoms with Crippen LogP contribution in [0.25, 0.3) is 0 Å². The fourth-order valence-electron chi connectivity index (χ4n) is 3.42. The van der Waals surface area contributed by atoms with Crippen molar-refractivity contribution in [2.45, 2.75) is 49.6 Å². The topological polar surface area (TPSA) is 41.5 Å². The molecule has 1 N–H and O–H groups in total. The molecule has 2 saturated carbocycles. The fourth-order valence-corrected chi connectivity index (χ4v) is 4.57. The summed E-state index contributed by atoms with van der Waals surface area (Å²) in [4.78, 5) is 16.0. The van der Waals surface area contributed by atoms with Crippen molar-refractivity contribution in [3.63, 3.8) is 0 Å². The first-order valence-corrected chi connectivity index (χ1v) is 7.84. The average molecular weight is 342 g/mol. The van der Waals surface area contributed by atoms with Crippen LogP contribution in [-0.4, -0.2) is 34.0 Å². The van der Waals surface area contributed by atoms with Crippen molar-refractivity contribution in [2.24, 2.45) is 22.7 Å². The number of amides is 1. The maximum Gasteiger partial charge on any atom is 0.412 e. The van der Waals surface area contributed by atoms with Crippen LogP contribution >= 0.6 is 11.8 Å². The smallest absolute Gasteiger partial charge is 0.304 e. The summed E-state index contributed by atoms with van der Waals surface area (Å²) >= 11 is 0.361. The zero-order valence-electron chi connectivity index (χ0n) is 11.9. The number of nitrogens with one attached hydrogen (secondary N) is 1. The molecule has 0 aromatic heterocycles. The number of hydrogen-bond donors (Lipinski definition) is 1. The van der Waals surface area contributed by atoms with E-state index in [-0.39, 0.29) is 18.0 Å². The van der Waals surface area contributed by atoms with E-state index in [4.69, 9.17) is 0 Å².